The second kappa shape index (κ2) is 7.61. The van der Waals surface area contributed by atoms with Crippen LogP contribution in [0, 0.1) is 0 Å². The van der Waals surface area contributed by atoms with Gasteiger partial charge in [0, 0.05) is 24.3 Å². The molecule has 4 nitrogen and oxygen atoms in total. The highest BCUT2D eigenvalue weighted by molar-refractivity contribution is 6.40. The van der Waals surface area contributed by atoms with E-state index in [2.05, 4.69) is 5.32 Å². The van der Waals surface area contributed by atoms with Gasteiger partial charge in [0.2, 0.25) is 0 Å². The molecule has 0 bridgehead atoms. The molecule has 0 spiro atoms. The van der Waals surface area contributed by atoms with Gasteiger partial charge in [-0.1, -0.05) is 41.9 Å². The Kier molecular flexibility index (Phi) is 5.55. The van der Waals surface area contributed by atoms with Crippen LogP contribution in [0.5, 0.6) is 0 Å². The highest BCUT2D eigenvalue weighted by atomic mass is 35.5. The second-order valence-electron chi connectivity index (χ2n) is 4.83. The van der Waals surface area contributed by atoms with Gasteiger partial charge >= 0.3 is 11.8 Å². The normalized spacial score (nSPS) is 10.1. The van der Waals surface area contributed by atoms with Crippen LogP contribution in [0.15, 0.2) is 54.6 Å². The van der Waals surface area contributed by atoms with E-state index < -0.39 is 11.8 Å². The highest BCUT2D eigenvalue weighted by Crippen LogP contribution is 2.11. The summed E-state index contributed by atoms with van der Waals surface area (Å²) in [6.45, 7) is 0.398. The number of hydrogen-bond donors (Lipinski definition) is 1. The number of nitrogens with zero attached hydrogens (tertiary/aromatic N) is 1. The predicted molar refractivity (Wildman–Crippen MR) is 88.0 cm³/mol. The van der Waals surface area contributed by atoms with E-state index in [-0.39, 0.29) is 0 Å². The molecule has 0 unspecified atom stereocenters. The number of benzene rings is 2. The molecule has 5 heteroatoms. The first kappa shape index (κ1) is 16.0. The van der Waals surface area contributed by atoms with Crippen LogP contribution in [0.4, 0.5) is 5.69 Å². The molecule has 2 amide bonds. The van der Waals surface area contributed by atoms with Gasteiger partial charge in [-0.2, -0.15) is 0 Å². The highest BCUT2D eigenvalue weighted by Gasteiger charge is 2.19. The molecule has 0 aliphatic rings. The van der Waals surface area contributed by atoms with Crippen molar-refractivity contribution in [2.45, 2.75) is 6.42 Å². The third-order valence-electron chi connectivity index (χ3n) is 3.25. The number of amides is 2. The number of halogens is 1. The van der Waals surface area contributed by atoms with Gasteiger partial charge in [-0.3, -0.25) is 9.59 Å². The van der Waals surface area contributed by atoms with Crippen molar-refractivity contribution in [1.82, 2.24) is 5.32 Å². The van der Waals surface area contributed by atoms with E-state index >= 15 is 0 Å². The van der Waals surface area contributed by atoms with Crippen molar-refractivity contribution in [3.05, 3.63) is 65.2 Å². The fraction of sp³-hybridized carbons (Fsp3) is 0.176. The van der Waals surface area contributed by atoms with Crippen LogP contribution >= 0.6 is 11.6 Å². The summed E-state index contributed by atoms with van der Waals surface area (Å²) in [6.07, 6.45) is 0.644. The van der Waals surface area contributed by atoms with Gasteiger partial charge in [0.15, 0.2) is 0 Å². The first-order chi connectivity index (χ1) is 10.6. The third kappa shape index (κ3) is 4.33. The molecule has 0 aromatic heterocycles. The van der Waals surface area contributed by atoms with E-state index in [1.54, 1.807) is 31.3 Å². The number of carbonyl (C=O) groups is 2. The molecule has 22 heavy (non-hydrogen) atoms. The van der Waals surface area contributed by atoms with Crippen molar-refractivity contribution >= 4 is 29.1 Å². The van der Waals surface area contributed by atoms with Gasteiger partial charge < -0.3 is 10.2 Å². The molecule has 0 aliphatic heterocycles. The van der Waals surface area contributed by atoms with E-state index in [1.165, 1.54) is 4.90 Å². The minimum Gasteiger partial charge on any atom is -0.347 e. The largest absolute Gasteiger partial charge is 0.347 e. The number of para-hydroxylation sites is 1. The number of rotatable bonds is 4. The third-order valence-corrected chi connectivity index (χ3v) is 3.51. The van der Waals surface area contributed by atoms with Gasteiger partial charge in [-0.25, -0.2) is 0 Å². The van der Waals surface area contributed by atoms with Gasteiger partial charge in [-0.15, -0.1) is 0 Å². The van der Waals surface area contributed by atoms with Crippen LogP contribution < -0.4 is 10.2 Å². The van der Waals surface area contributed by atoms with Crippen LogP contribution in [0.2, 0.25) is 5.02 Å². The van der Waals surface area contributed by atoms with Crippen molar-refractivity contribution in [3.8, 4) is 0 Å². The standard InChI is InChI=1S/C17H17ClN2O2/c1-20(15-5-3-2-4-6-15)17(22)16(21)19-12-11-13-7-9-14(18)10-8-13/h2-10H,11-12H2,1H3,(H,19,21). The smallest absolute Gasteiger partial charge is 0.316 e. The first-order valence-corrected chi connectivity index (χ1v) is 7.31. The Labute approximate surface area is 134 Å². The molecule has 114 valence electrons. The van der Waals surface area contributed by atoms with Crippen molar-refractivity contribution < 1.29 is 9.59 Å². The average Bonchev–Trinajstić information content (AvgIpc) is 2.56. The molecule has 0 radical (unpaired) electrons. The molecule has 0 aliphatic carbocycles. The summed E-state index contributed by atoms with van der Waals surface area (Å²) in [5, 5.41) is 3.31. The van der Waals surface area contributed by atoms with E-state index in [4.69, 9.17) is 11.6 Å². The molecule has 0 atom stereocenters. The van der Waals surface area contributed by atoms with Crippen molar-refractivity contribution in [2.75, 3.05) is 18.5 Å². The fourth-order valence-electron chi connectivity index (χ4n) is 1.97. The van der Waals surface area contributed by atoms with Crippen molar-refractivity contribution in [3.63, 3.8) is 0 Å². The van der Waals surface area contributed by atoms with Crippen LogP contribution in [0.3, 0.4) is 0 Å². The molecular formula is C17H17ClN2O2. The van der Waals surface area contributed by atoms with Crippen LogP contribution in [-0.2, 0) is 16.0 Å². The maximum absolute atomic E-state index is 12.0. The Balaban J connectivity index is 1.84. The molecule has 2 rings (SSSR count). The summed E-state index contributed by atoms with van der Waals surface area (Å²) in [6, 6.07) is 16.4. The SMILES string of the molecule is CN(C(=O)C(=O)NCCc1ccc(Cl)cc1)c1ccccc1. The molecular weight excluding hydrogens is 300 g/mol. The zero-order valence-corrected chi connectivity index (χ0v) is 13.0. The Hall–Kier alpha value is -2.33. The lowest BCUT2D eigenvalue weighted by Gasteiger charge is -2.16. The minimum atomic E-state index is -0.611. The summed E-state index contributed by atoms with van der Waals surface area (Å²) >= 11 is 5.81. The van der Waals surface area contributed by atoms with Gasteiger partial charge in [0.05, 0.1) is 0 Å². The van der Waals surface area contributed by atoms with Crippen LogP contribution in [0.25, 0.3) is 0 Å². The molecule has 0 saturated carbocycles. The summed E-state index contributed by atoms with van der Waals surface area (Å²) in [4.78, 5) is 25.2. The van der Waals surface area contributed by atoms with Crippen LogP contribution in [0.1, 0.15) is 5.56 Å². The number of carbonyl (C=O) groups excluding carboxylic acids is 2. The lowest BCUT2D eigenvalue weighted by Crippen LogP contribution is -2.41. The quantitative estimate of drug-likeness (QED) is 0.882. The van der Waals surface area contributed by atoms with Gasteiger partial charge in [-0.05, 0) is 36.2 Å². The Morgan fingerprint density at radius 2 is 1.68 bits per heavy atom. The Morgan fingerprint density at radius 1 is 1.05 bits per heavy atom. The van der Waals surface area contributed by atoms with E-state index in [0.29, 0.717) is 23.7 Å². The number of anilines is 1. The summed E-state index contributed by atoms with van der Waals surface area (Å²) in [5.74, 6) is -1.19. The molecule has 0 fully saturated rings. The minimum absolute atomic E-state index is 0.398. The zero-order chi connectivity index (χ0) is 15.9. The maximum atomic E-state index is 12.0. The van der Waals surface area contributed by atoms with E-state index in [0.717, 1.165) is 5.56 Å². The molecule has 2 aromatic rings. The fourth-order valence-corrected chi connectivity index (χ4v) is 2.09. The average molecular weight is 317 g/mol. The molecule has 0 saturated heterocycles. The topological polar surface area (TPSA) is 49.4 Å². The summed E-state index contributed by atoms with van der Waals surface area (Å²) in [7, 11) is 1.58. The first-order valence-electron chi connectivity index (χ1n) is 6.93. The molecule has 0 heterocycles. The van der Waals surface area contributed by atoms with Gasteiger partial charge in [0.25, 0.3) is 0 Å². The van der Waals surface area contributed by atoms with Gasteiger partial charge in [0.1, 0.15) is 0 Å². The number of hydrogen-bond acceptors (Lipinski definition) is 2. The maximum Gasteiger partial charge on any atom is 0.316 e. The summed E-state index contributed by atoms with van der Waals surface area (Å²) in [5.41, 5.74) is 1.73. The second-order valence-corrected chi connectivity index (χ2v) is 5.27. The predicted octanol–water partition coefficient (Wildman–Crippen LogP) is 2.66. The van der Waals surface area contributed by atoms with E-state index in [9.17, 15) is 9.59 Å². The monoisotopic (exact) mass is 316 g/mol. The Morgan fingerprint density at radius 3 is 2.32 bits per heavy atom. The number of nitrogens with one attached hydrogen (secondary N) is 1. The lowest BCUT2D eigenvalue weighted by molar-refractivity contribution is -0.137. The van der Waals surface area contributed by atoms with Crippen molar-refractivity contribution in [1.29, 1.82) is 0 Å². The van der Waals surface area contributed by atoms with Crippen molar-refractivity contribution in [2.24, 2.45) is 0 Å². The molecule has 2 aromatic carbocycles. The zero-order valence-electron chi connectivity index (χ0n) is 12.3. The summed E-state index contributed by atoms with van der Waals surface area (Å²) < 4.78 is 0. The Bertz CT molecular complexity index is 641. The van der Waals surface area contributed by atoms with E-state index in [1.807, 2.05) is 30.3 Å². The van der Waals surface area contributed by atoms with Crippen LogP contribution in [-0.4, -0.2) is 25.4 Å². The number of likely N-dealkylation sites (N-methyl/N-ethyl adjacent to an activating group) is 1. The lowest BCUT2D eigenvalue weighted by atomic mass is 10.1. The molecule has 1 N–H and O–H groups in total.